The summed E-state index contributed by atoms with van der Waals surface area (Å²) < 4.78 is 5.32. The molecular weight excluding hydrogens is 434 g/mol. The molecule has 0 fully saturated rings. The van der Waals surface area contributed by atoms with Crippen LogP contribution < -0.4 is 10.6 Å². The molecular formula is C29H33N5O. The molecule has 0 radical (unpaired) electrons. The summed E-state index contributed by atoms with van der Waals surface area (Å²) in [5.41, 5.74) is 8.86. The third-order valence-electron chi connectivity index (χ3n) is 6.54. The van der Waals surface area contributed by atoms with Gasteiger partial charge in [-0.2, -0.15) is 4.98 Å². The molecule has 0 saturated carbocycles. The van der Waals surface area contributed by atoms with Gasteiger partial charge in [0.05, 0.1) is 0 Å². The molecule has 0 atom stereocenters. The van der Waals surface area contributed by atoms with E-state index in [1.165, 1.54) is 33.5 Å². The van der Waals surface area contributed by atoms with Gasteiger partial charge in [-0.3, -0.25) is 0 Å². The molecule has 2 heterocycles. The molecule has 2 N–H and O–H groups in total. The second-order valence-corrected chi connectivity index (χ2v) is 9.31. The summed E-state index contributed by atoms with van der Waals surface area (Å²) in [4.78, 5) is 6.78. The van der Waals surface area contributed by atoms with Crippen molar-refractivity contribution in [2.24, 2.45) is 0 Å². The van der Waals surface area contributed by atoms with E-state index in [9.17, 15) is 0 Å². The average Bonchev–Trinajstić information content (AvgIpc) is 3.37. The monoisotopic (exact) mass is 467 g/mol. The molecule has 1 aromatic heterocycles. The minimum Gasteiger partial charge on any atom is -0.381 e. The Kier molecular flexibility index (Phi) is 7.21. The maximum absolute atomic E-state index is 5.32. The lowest BCUT2D eigenvalue weighted by molar-refractivity contribution is 0.313. The van der Waals surface area contributed by atoms with E-state index in [0.717, 1.165) is 57.0 Å². The summed E-state index contributed by atoms with van der Waals surface area (Å²) >= 11 is 0. The molecule has 4 aromatic rings. The molecule has 1 aliphatic rings. The molecule has 0 amide bonds. The molecule has 0 aliphatic carbocycles. The Morgan fingerprint density at radius 1 is 0.886 bits per heavy atom. The first-order chi connectivity index (χ1) is 17.2. The van der Waals surface area contributed by atoms with Crippen molar-refractivity contribution in [3.63, 3.8) is 0 Å². The Bertz CT molecular complexity index is 1260. The van der Waals surface area contributed by atoms with Crippen LogP contribution in [0.1, 0.15) is 40.6 Å². The van der Waals surface area contributed by atoms with E-state index >= 15 is 0 Å². The maximum atomic E-state index is 5.32. The first-order valence-corrected chi connectivity index (χ1v) is 12.4. The molecule has 0 saturated heterocycles. The van der Waals surface area contributed by atoms with Crippen molar-refractivity contribution < 1.29 is 4.52 Å². The van der Waals surface area contributed by atoms with E-state index in [2.05, 4.69) is 87.3 Å². The predicted octanol–water partition coefficient (Wildman–Crippen LogP) is 5.19. The van der Waals surface area contributed by atoms with Gasteiger partial charge in [-0.25, -0.2) is 0 Å². The third-order valence-corrected chi connectivity index (χ3v) is 6.54. The number of aryl methyl sites for hydroxylation is 1. The third kappa shape index (κ3) is 5.96. The number of nitrogens with zero attached hydrogens (tertiary/aromatic N) is 3. The molecule has 3 aromatic carbocycles. The number of aromatic nitrogens is 2. The molecule has 0 bridgehead atoms. The second-order valence-electron chi connectivity index (χ2n) is 9.31. The predicted molar refractivity (Wildman–Crippen MR) is 140 cm³/mol. The van der Waals surface area contributed by atoms with Crippen LogP contribution >= 0.6 is 0 Å². The van der Waals surface area contributed by atoms with Crippen LogP contribution in [-0.2, 0) is 39.0 Å². The van der Waals surface area contributed by atoms with Gasteiger partial charge in [0, 0.05) is 50.4 Å². The summed E-state index contributed by atoms with van der Waals surface area (Å²) in [6, 6.07) is 23.9. The fraction of sp³-hybridized carbons (Fsp3) is 0.310. The quantitative estimate of drug-likeness (QED) is 0.353. The van der Waals surface area contributed by atoms with Crippen LogP contribution in [0.25, 0.3) is 11.5 Å². The normalized spacial score (nSPS) is 13.5. The Labute approximate surface area is 207 Å². The van der Waals surface area contributed by atoms with Crippen LogP contribution in [0.3, 0.4) is 0 Å². The second kappa shape index (κ2) is 10.8. The summed E-state index contributed by atoms with van der Waals surface area (Å²) in [6.45, 7) is 6.64. The topological polar surface area (TPSA) is 66.2 Å². The highest BCUT2D eigenvalue weighted by atomic mass is 16.5. The van der Waals surface area contributed by atoms with Gasteiger partial charge in [0.15, 0.2) is 5.82 Å². The molecule has 6 nitrogen and oxygen atoms in total. The van der Waals surface area contributed by atoms with Gasteiger partial charge >= 0.3 is 0 Å². The van der Waals surface area contributed by atoms with Crippen molar-refractivity contribution in [3.05, 3.63) is 100 Å². The minimum atomic E-state index is 0.578. The fourth-order valence-corrected chi connectivity index (χ4v) is 4.49. The zero-order valence-corrected chi connectivity index (χ0v) is 20.6. The van der Waals surface area contributed by atoms with E-state index in [4.69, 9.17) is 4.52 Å². The number of anilines is 1. The van der Waals surface area contributed by atoms with Crippen molar-refractivity contribution in [2.75, 3.05) is 18.9 Å². The van der Waals surface area contributed by atoms with Crippen molar-refractivity contribution >= 4 is 5.69 Å². The van der Waals surface area contributed by atoms with Gasteiger partial charge in [0.1, 0.15) is 0 Å². The fourth-order valence-electron chi connectivity index (χ4n) is 4.49. The molecule has 35 heavy (non-hydrogen) atoms. The Balaban J connectivity index is 1.12. The van der Waals surface area contributed by atoms with Crippen LogP contribution in [0.15, 0.2) is 71.3 Å². The molecule has 5 rings (SSSR count). The van der Waals surface area contributed by atoms with E-state index in [-0.39, 0.29) is 0 Å². The van der Waals surface area contributed by atoms with Gasteiger partial charge in [-0.05, 0) is 65.6 Å². The average molecular weight is 468 g/mol. The molecule has 0 unspecified atom stereocenters. The number of hydrogen-bond donors (Lipinski definition) is 2. The molecule has 1 aliphatic heterocycles. The highest BCUT2D eigenvalue weighted by Gasteiger charge is 2.13. The standard InChI is InChI=1S/C29H33N5O/c1-3-28-32-29(35-33-28)25-9-7-21(8-10-25)17-30-18-22-5-4-6-23(15-22)19-31-27-12-11-24-13-14-34(2)20-26(24)16-27/h4-12,15-16,30-31H,3,13-14,17-20H2,1-2H3. The number of nitrogens with one attached hydrogen (secondary N) is 2. The highest BCUT2D eigenvalue weighted by Crippen LogP contribution is 2.22. The molecule has 0 spiro atoms. The van der Waals surface area contributed by atoms with E-state index in [1.54, 1.807) is 0 Å². The maximum Gasteiger partial charge on any atom is 0.257 e. The minimum absolute atomic E-state index is 0.578. The van der Waals surface area contributed by atoms with Gasteiger partial charge in [0.25, 0.3) is 5.89 Å². The lowest BCUT2D eigenvalue weighted by Gasteiger charge is -2.25. The van der Waals surface area contributed by atoms with Gasteiger partial charge in [0.2, 0.25) is 0 Å². The van der Waals surface area contributed by atoms with Crippen molar-refractivity contribution in [1.82, 2.24) is 20.4 Å². The number of hydrogen-bond acceptors (Lipinski definition) is 6. The Morgan fingerprint density at radius 2 is 1.69 bits per heavy atom. The van der Waals surface area contributed by atoms with Crippen molar-refractivity contribution in [3.8, 4) is 11.5 Å². The van der Waals surface area contributed by atoms with Crippen LogP contribution in [0.5, 0.6) is 0 Å². The van der Waals surface area contributed by atoms with Crippen LogP contribution in [0, 0.1) is 0 Å². The van der Waals surface area contributed by atoms with Crippen LogP contribution in [-0.4, -0.2) is 28.6 Å². The lowest BCUT2D eigenvalue weighted by Crippen LogP contribution is -2.26. The number of fused-ring (bicyclic) bond motifs is 1. The van der Waals surface area contributed by atoms with E-state index < -0.39 is 0 Å². The van der Waals surface area contributed by atoms with Crippen molar-refractivity contribution in [1.29, 1.82) is 0 Å². The highest BCUT2D eigenvalue weighted by molar-refractivity contribution is 5.53. The van der Waals surface area contributed by atoms with E-state index in [1.807, 2.05) is 19.1 Å². The van der Waals surface area contributed by atoms with Gasteiger partial charge in [-0.15, -0.1) is 0 Å². The van der Waals surface area contributed by atoms with Crippen LogP contribution in [0.2, 0.25) is 0 Å². The van der Waals surface area contributed by atoms with E-state index in [0.29, 0.717) is 5.89 Å². The summed E-state index contributed by atoms with van der Waals surface area (Å²) in [5, 5.41) is 11.1. The molecule has 6 heteroatoms. The zero-order chi connectivity index (χ0) is 24.0. The Hall–Kier alpha value is -3.48. The van der Waals surface area contributed by atoms with Gasteiger partial charge < -0.3 is 20.1 Å². The largest absolute Gasteiger partial charge is 0.381 e. The SMILES string of the molecule is CCc1noc(-c2ccc(CNCc3cccc(CNc4ccc5c(c4)CN(C)CC5)c3)cc2)n1. The number of likely N-dealkylation sites (N-methyl/N-ethyl adjacent to an activating group) is 1. The summed E-state index contributed by atoms with van der Waals surface area (Å²) in [6.07, 6.45) is 1.92. The first kappa shape index (κ1) is 23.3. The summed E-state index contributed by atoms with van der Waals surface area (Å²) in [5.74, 6) is 1.31. The summed E-state index contributed by atoms with van der Waals surface area (Å²) in [7, 11) is 2.19. The van der Waals surface area contributed by atoms with Crippen LogP contribution in [0.4, 0.5) is 5.69 Å². The number of rotatable bonds is 9. The smallest absolute Gasteiger partial charge is 0.257 e. The van der Waals surface area contributed by atoms with Gasteiger partial charge in [-0.1, -0.05) is 54.5 Å². The van der Waals surface area contributed by atoms with Crippen molar-refractivity contribution in [2.45, 2.75) is 45.9 Å². The molecule has 180 valence electrons. The lowest BCUT2D eigenvalue weighted by atomic mass is 9.99. The Morgan fingerprint density at radius 3 is 2.49 bits per heavy atom. The zero-order valence-electron chi connectivity index (χ0n) is 20.6. The number of benzene rings is 3. The first-order valence-electron chi connectivity index (χ1n) is 12.4.